The lowest BCUT2D eigenvalue weighted by atomic mass is 10.3. The summed E-state index contributed by atoms with van der Waals surface area (Å²) in [6.07, 6.45) is 1.56. The summed E-state index contributed by atoms with van der Waals surface area (Å²) in [4.78, 5) is 4.86. The zero-order chi connectivity index (χ0) is 10.7. The minimum Gasteiger partial charge on any atom is -0.252 e. The van der Waals surface area contributed by atoms with E-state index in [1.165, 1.54) is 23.5 Å². The number of hydrogen-bond donors (Lipinski definition) is 0. The van der Waals surface area contributed by atoms with Crippen molar-refractivity contribution in [2.24, 2.45) is 4.99 Å². The Labute approximate surface area is 89.7 Å². The Kier molecular flexibility index (Phi) is 2.87. The molecule has 0 unspecified atom stereocenters. The molecule has 0 amide bonds. The Morgan fingerprint density at radius 2 is 2.07 bits per heavy atom. The Morgan fingerprint density at radius 3 is 2.73 bits per heavy atom. The molecule has 0 bridgehead atoms. The number of rotatable bonds is 2. The fourth-order valence-electron chi connectivity index (χ4n) is 1.08. The second-order valence-corrected chi connectivity index (χ2v) is 3.85. The summed E-state index contributed by atoms with van der Waals surface area (Å²) in [7, 11) is 0. The Balaban J connectivity index is 2.24. The van der Waals surface area contributed by atoms with Gasteiger partial charge in [-0.2, -0.15) is 0 Å². The van der Waals surface area contributed by atoms with Gasteiger partial charge in [0.05, 0.1) is 5.69 Å². The van der Waals surface area contributed by atoms with Crippen LogP contribution in [0.5, 0.6) is 0 Å². The first-order chi connectivity index (χ1) is 7.25. The van der Waals surface area contributed by atoms with Crippen molar-refractivity contribution in [1.29, 1.82) is 0 Å². The maximum atomic E-state index is 13.1. The minimum atomic E-state index is -0.650. The lowest BCUT2D eigenvalue weighted by Gasteiger charge is -1.95. The Morgan fingerprint density at radius 1 is 1.20 bits per heavy atom. The Hall–Kier alpha value is -1.55. The number of halogens is 2. The highest BCUT2D eigenvalue weighted by Gasteiger charge is 2.00. The van der Waals surface area contributed by atoms with Crippen molar-refractivity contribution in [3.05, 3.63) is 52.2 Å². The molecule has 1 heterocycles. The van der Waals surface area contributed by atoms with E-state index in [2.05, 4.69) is 4.99 Å². The summed E-state index contributed by atoms with van der Waals surface area (Å²) in [5.41, 5.74) is 0.143. The van der Waals surface area contributed by atoms with Crippen molar-refractivity contribution in [3.63, 3.8) is 0 Å². The van der Waals surface area contributed by atoms with E-state index in [-0.39, 0.29) is 5.69 Å². The smallest absolute Gasteiger partial charge is 0.151 e. The lowest BCUT2D eigenvalue weighted by Crippen LogP contribution is -1.80. The number of thiophene rings is 1. The zero-order valence-electron chi connectivity index (χ0n) is 7.65. The first kappa shape index (κ1) is 9.98. The van der Waals surface area contributed by atoms with E-state index in [4.69, 9.17) is 0 Å². The van der Waals surface area contributed by atoms with Crippen LogP contribution in [0.25, 0.3) is 0 Å². The van der Waals surface area contributed by atoms with E-state index in [1.807, 2.05) is 17.5 Å². The first-order valence-corrected chi connectivity index (χ1v) is 5.16. The van der Waals surface area contributed by atoms with Crippen molar-refractivity contribution in [2.45, 2.75) is 0 Å². The summed E-state index contributed by atoms with van der Waals surface area (Å²) < 4.78 is 25.7. The average molecular weight is 223 g/mol. The van der Waals surface area contributed by atoms with Gasteiger partial charge in [-0.05, 0) is 23.6 Å². The molecule has 0 aliphatic carbocycles. The van der Waals surface area contributed by atoms with Crippen LogP contribution in [0.4, 0.5) is 14.5 Å². The largest absolute Gasteiger partial charge is 0.252 e. The van der Waals surface area contributed by atoms with E-state index in [1.54, 1.807) is 6.21 Å². The van der Waals surface area contributed by atoms with Crippen LogP contribution in [0.15, 0.2) is 40.7 Å². The van der Waals surface area contributed by atoms with Crippen LogP contribution < -0.4 is 0 Å². The molecule has 0 radical (unpaired) electrons. The Bertz CT molecular complexity index is 477. The van der Waals surface area contributed by atoms with Crippen LogP contribution in [0, 0.1) is 11.6 Å². The first-order valence-electron chi connectivity index (χ1n) is 4.28. The van der Waals surface area contributed by atoms with E-state index >= 15 is 0 Å². The fraction of sp³-hybridized carbons (Fsp3) is 0. The van der Waals surface area contributed by atoms with Gasteiger partial charge in [0.25, 0.3) is 0 Å². The van der Waals surface area contributed by atoms with Crippen LogP contribution in [-0.4, -0.2) is 6.21 Å². The SMILES string of the molecule is Fc1ccc(N=Cc2cccs2)c(F)c1. The molecule has 0 fully saturated rings. The maximum absolute atomic E-state index is 13.1. The third kappa shape index (κ3) is 2.47. The highest BCUT2D eigenvalue weighted by atomic mass is 32.1. The molecule has 2 aromatic rings. The lowest BCUT2D eigenvalue weighted by molar-refractivity contribution is 0.585. The van der Waals surface area contributed by atoms with E-state index in [0.29, 0.717) is 0 Å². The highest BCUT2D eigenvalue weighted by Crippen LogP contribution is 2.18. The number of nitrogens with zero attached hydrogens (tertiary/aromatic N) is 1. The van der Waals surface area contributed by atoms with Gasteiger partial charge in [0.2, 0.25) is 0 Å². The molecule has 15 heavy (non-hydrogen) atoms. The molecular weight excluding hydrogens is 216 g/mol. The van der Waals surface area contributed by atoms with Crippen LogP contribution in [0.1, 0.15) is 4.88 Å². The topological polar surface area (TPSA) is 12.4 Å². The van der Waals surface area contributed by atoms with Gasteiger partial charge in [-0.1, -0.05) is 6.07 Å². The van der Waals surface area contributed by atoms with E-state index in [9.17, 15) is 8.78 Å². The third-order valence-corrected chi connectivity index (χ3v) is 2.59. The molecule has 0 aliphatic heterocycles. The predicted octanol–water partition coefficient (Wildman–Crippen LogP) is 3.78. The maximum Gasteiger partial charge on any atom is 0.151 e. The van der Waals surface area contributed by atoms with Crippen molar-refractivity contribution in [2.75, 3.05) is 0 Å². The summed E-state index contributed by atoms with van der Waals surface area (Å²) in [5.74, 6) is -1.25. The summed E-state index contributed by atoms with van der Waals surface area (Å²) in [5, 5.41) is 1.91. The zero-order valence-corrected chi connectivity index (χ0v) is 8.47. The molecule has 0 aliphatic rings. The second kappa shape index (κ2) is 4.31. The van der Waals surface area contributed by atoms with Crippen molar-refractivity contribution in [1.82, 2.24) is 0 Å². The minimum absolute atomic E-state index is 0.143. The van der Waals surface area contributed by atoms with Crippen molar-refractivity contribution >= 4 is 23.2 Å². The number of aliphatic imine (C=N–C) groups is 1. The molecule has 1 nitrogen and oxygen atoms in total. The van der Waals surface area contributed by atoms with E-state index in [0.717, 1.165) is 10.9 Å². The van der Waals surface area contributed by atoms with Gasteiger partial charge in [0.15, 0.2) is 5.82 Å². The quantitative estimate of drug-likeness (QED) is 0.687. The van der Waals surface area contributed by atoms with Gasteiger partial charge in [-0.3, -0.25) is 4.99 Å². The molecule has 0 spiro atoms. The number of hydrogen-bond acceptors (Lipinski definition) is 2. The fourth-order valence-corrected chi connectivity index (χ4v) is 1.67. The predicted molar refractivity (Wildman–Crippen MR) is 57.9 cm³/mol. The van der Waals surface area contributed by atoms with Gasteiger partial charge in [-0.15, -0.1) is 11.3 Å². The average Bonchev–Trinajstić information content (AvgIpc) is 2.69. The van der Waals surface area contributed by atoms with Crippen LogP contribution in [0.2, 0.25) is 0 Å². The molecule has 2 rings (SSSR count). The van der Waals surface area contributed by atoms with Gasteiger partial charge in [0, 0.05) is 17.2 Å². The normalized spacial score (nSPS) is 11.1. The van der Waals surface area contributed by atoms with Gasteiger partial charge in [-0.25, -0.2) is 8.78 Å². The van der Waals surface area contributed by atoms with E-state index < -0.39 is 11.6 Å². The highest BCUT2D eigenvalue weighted by molar-refractivity contribution is 7.11. The third-order valence-electron chi connectivity index (χ3n) is 1.78. The molecule has 0 saturated heterocycles. The summed E-state index contributed by atoms with van der Waals surface area (Å²) in [6, 6.07) is 7.07. The molecule has 0 saturated carbocycles. The summed E-state index contributed by atoms with van der Waals surface area (Å²) in [6.45, 7) is 0. The molecule has 1 aromatic heterocycles. The van der Waals surface area contributed by atoms with Crippen LogP contribution in [-0.2, 0) is 0 Å². The van der Waals surface area contributed by atoms with Gasteiger partial charge >= 0.3 is 0 Å². The molecule has 0 N–H and O–H groups in total. The van der Waals surface area contributed by atoms with Crippen LogP contribution in [0.3, 0.4) is 0 Å². The molecule has 76 valence electrons. The van der Waals surface area contributed by atoms with Gasteiger partial charge in [0.1, 0.15) is 5.82 Å². The molecule has 0 atom stereocenters. The monoisotopic (exact) mass is 223 g/mol. The second-order valence-electron chi connectivity index (χ2n) is 2.87. The standard InChI is InChI=1S/C11H7F2NS/c12-8-3-4-11(10(13)6-8)14-7-9-2-1-5-15-9/h1-7H. The van der Waals surface area contributed by atoms with Crippen molar-refractivity contribution in [3.8, 4) is 0 Å². The molecule has 4 heteroatoms. The van der Waals surface area contributed by atoms with Gasteiger partial charge < -0.3 is 0 Å². The number of benzene rings is 1. The summed E-state index contributed by atoms with van der Waals surface area (Å²) >= 11 is 1.51. The van der Waals surface area contributed by atoms with Crippen LogP contribution >= 0.6 is 11.3 Å². The molecular formula is C11H7F2NS. The van der Waals surface area contributed by atoms with Crippen molar-refractivity contribution < 1.29 is 8.78 Å². The molecule has 1 aromatic carbocycles.